The maximum Gasteiger partial charge on any atom is 0.246 e. The third-order valence-electron chi connectivity index (χ3n) is 7.10. The Morgan fingerprint density at radius 1 is 1.18 bits per heavy atom. The molecule has 3 rings (SSSR count). The van der Waals surface area contributed by atoms with Crippen LogP contribution in [-0.4, -0.2) is 72.5 Å². The first kappa shape index (κ1) is 21.5. The number of methoxy groups -OCH3 is 1. The van der Waals surface area contributed by atoms with E-state index in [0.717, 1.165) is 31.6 Å². The Labute approximate surface area is 168 Å². The van der Waals surface area contributed by atoms with Gasteiger partial charge < -0.3 is 24.8 Å². The quantitative estimate of drug-likeness (QED) is 0.751. The molecule has 2 heterocycles. The van der Waals surface area contributed by atoms with Gasteiger partial charge in [0.25, 0.3) is 0 Å². The van der Waals surface area contributed by atoms with E-state index in [-0.39, 0.29) is 24.3 Å². The van der Waals surface area contributed by atoms with Crippen LogP contribution in [0.15, 0.2) is 0 Å². The number of aliphatic hydroxyl groups is 1. The third kappa shape index (κ3) is 4.36. The van der Waals surface area contributed by atoms with Gasteiger partial charge in [-0.15, -0.1) is 0 Å². The van der Waals surface area contributed by atoms with Crippen molar-refractivity contribution < 1.29 is 24.2 Å². The first-order valence-corrected chi connectivity index (χ1v) is 10.7. The molecule has 7 heteroatoms. The molecule has 160 valence electrons. The van der Waals surface area contributed by atoms with E-state index < -0.39 is 17.2 Å². The largest absolute Gasteiger partial charge is 0.388 e. The van der Waals surface area contributed by atoms with Gasteiger partial charge in [0.05, 0.1) is 11.1 Å². The summed E-state index contributed by atoms with van der Waals surface area (Å²) < 4.78 is 11.0. The molecule has 1 spiro atoms. The van der Waals surface area contributed by atoms with Crippen LogP contribution in [0.3, 0.4) is 0 Å². The SMILES string of the molecule is COCC(=O)N[C@]1(C)CCOC2(CCN(C(=O)C3CCC(C)CC3)CC2)[C@H]1O. The first-order chi connectivity index (χ1) is 13.3. The fraction of sp³-hybridized carbons (Fsp3) is 0.905. The Bertz CT molecular complexity index is 567. The van der Waals surface area contributed by atoms with Gasteiger partial charge in [-0.1, -0.05) is 6.92 Å². The topological polar surface area (TPSA) is 88.1 Å². The number of aliphatic hydroxyl groups excluding tert-OH is 1. The molecule has 0 bridgehead atoms. The van der Waals surface area contributed by atoms with Crippen molar-refractivity contribution in [3.63, 3.8) is 0 Å². The molecular formula is C21H36N2O5. The number of carbonyl (C=O) groups is 2. The predicted molar refractivity (Wildman–Crippen MR) is 105 cm³/mol. The molecule has 2 N–H and O–H groups in total. The number of likely N-dealkylation sites (tertiary alicyclic amines) is 1. The van der Waals surface area contributed by atoms with Crippen LogP contribution >= 0.6 is 0 Å². The number of piperidine rings is 1. The van der Waals surface area contributed by atoms with Gasteiger partial charge in [-0.05, 0) is 57.8 Å². The Morgan fingerprint density at radius 3 is 2.43 bits per heavy atom. The number of hydrogen-bond acceptors (Lipinski definition) is 5. The van der Waals surface area contributed by atoms with Gasteiger partial charge >= 0.3 is 0 Å². The maximum atomic E-state index is 12.9. The molecule has 2 saturated heterocycles. The van der Waals surface area contributed by atoms with Crippen LogP contribution in [0.2, 0.25) is 0 Å². The lowest BCUT2D eigenvalue weighted by Crippen LogP contribution is -2.69. The molecule has 2 aliphatic heterocycles. The molecule has 3 fully saturated rings. The normalized spacial score (nSPS) is 35.6. The van der Waals surface area contributed by atoms with Gasteiger partial charge in [0.1, 0.15) is 12.7 Å². The van der Waals surface area contributed by atoms with Gasteiger partial charge in [0.2, 0.25) is 11.8 Å². The first-order valence-electron chi connectivity index (χ1n) is 10.7. The monoisotopic (exact) mass is 396 g/mol. The number of rotatable bonds is 4. The summed E-state index contributed by atoms with van der Waals surface area (Å²) in [5, 5.41) is 14.1. The second-order valence-electron chi connectivity index (χ2n) is 9.25. The highest BCUT2D eigenvalue weighted by Gasteiger charge is 2.54. The zero-order chi connectivity index (χ0) is 20.4. The zero-order valence-electron chi connectivity index (χ0n) is 17.5. The number of nitrogens with zero attached hydrogens (tertiary/aromatic N) is 1. The Balaban J connectivity index is 1.60. The molecular weight excluding hydrogens is 360 g/mol. The fourth-order valence-electron chi connectivity index (χ4n) is 5.17. The number of hydrogen-bond donors (Lipinski definition) is 2. The summed E-state index contributed by atoms with van der Waals surface area (Å²) in [7, 11) is 1.48. The van der Waals surface area contributed by atoms with Crippen LogP contribution < -0.4 is 5.32 Å². The molecule has 0 aromatic heterocycles. The zero-order valence-corrected chi connectivity index (χ0v) is 17.5. The van der Waals surface area contributed by atoms with Gasteiger partial charge in [-0.2, -0.15) is 0 Å². The summed E-state index contributed by atoms with van der Waals surface area (Å²) in [6.45, 7) is 5.79. The van der Waals surface area contributed by atoms with Crippen molar-refractivity contribution in [2.45, 2.75) is 76.0 Å². The van der Waals surface area contributed by atoms with Crippen LogP contribution in [0.4, 0.5) is 0 Å². The average molecular weight is 397 g/mol. The summed E-state index contributed by atoms with van der Waals surface area (Å²) in [4.78, 5) is 26.9. The van der Waals surface area contributed by atoms with E-state index >= 15 is 0 Å². The van der Waals surface area contributed by atoms with E-state index in [2.05, 4.69) is 12.2 Å². The number of amides is 2. The molecule has 2 amide bonds. The summed E-state index contributed by atoms with van der Waals surface area (Å²) >= 11 is 0. The lowest BCUT2D eigenvalue weighted by atomic mass is 9.72. The van der Waals surface area contributed by atoms with Crippen molar-refractivity contribution in [1.29, 1.82) is 0 Å². The van der Waals surface area contributed by atoms with Crippen LogP contribution in [0.25, 0.3) is 0 Å². The Morgan fingerprint density at radius 2 is 1.82 bits per heavy atom. The minimum Gasteiger partial charge on any atom is -0.388 e. The van der Waals surface area contributed by atoms with Gasteiger partial charge in [0, 0.05) is 32.7 Å². The van der Waals surface area contributed by atoms with Crippen molar-refractivity contribution >= 4 is 11.8 Å². The molecule has 3 aliphatic rings. The Hall–Kier alpha value is -1.18. The lowest BCUT2D eigenvalue weighted by Gasteiger charge is -2.53. The second-order valence-corrected chi connectivity index (χ2v) is 9.25. The summed E-state index contributed by atoms with van der Waals surface area (Å²) in [5.41, 5.74) is -1.45. The standard InChI is InChI=1S/C21H36N2O5/c1-15-4-6-16(7-5-15)18(25)23-11-8-21(9-12-23)19(26)20(2,10-13-28-21)22-17(24)14-27-3/h15-16,19,26H,4-14H2,1-3H3,(H,22,24)/t15?,16?,19-,20+/m0/s1. The average Bonchev–Trinajstić information content (AvgIpc) is 2.67. The van der Waals surface area contributed by atoms with Crippen molar-refractivity contribution in [2.24, 2.45) is 11.8 Å². The smallest absolute Gasteiger partial charge is 0.246 e. The molecule has 7 nitrogen and oxygen atoms in total. The number of ether oxygens (including phenoxy) is 2. The van der Waals surface area contributed by atoms with Crippen LogP contribution in [0.5, 0.6) is 0 Å². The van der Waals surface area contributed by atoms with E-state index in [0.29, 0.717) is 39.0 Å². The van der Waals surface area contributed by atoms with Crippen molar-refractivity contribution in [1.82, 2.24) is 10.2 Å². The van der Waals surface area contributed by atoms with Gasteiger partial charge in [-0.3, -0.25) is 9.59 Å². The molecule has 0 unspecified atom stereocenters. The third-order valence-corrected chi connectivity index (χ3v) is 7.10. The summed E-state index contributed by atoms with van der Waals surface area (Å²) in [5.74, 6) is 0.912. The van der Waals surface area contributed by atoms with E-state index in [9.17, 15) is 14.7 Å². The van der Waals surface area contributed by atoms with Gasteiger partial charge in [0.15, 0.2) is 0 Å². The van der Waals surface area contributed by atoms with Crippen molar-refractivity contribution in [2.75, 3.05) is 33.4 Å². The lowest BCUT2D eigenvalue weighted by molar-refractivity contribution is -0.208. The predicted octanol–water partition coefficient (Wildman–Crippen LogP) is 1.48. The highest BCUT2D eigenvalue weighted by molar-refractivity contribution is 5.79. The highest BCUT2D eigenvalue weighted by Crippen LogP contribution is 2.40. The molecule has 2 atom stereocenters. The molecule has 0 aromatic carbocycles. The number of nitrogens with one attached hydrogen (secondary N) is 1. The van der Waals surface area contributed by atoms with Crippen molar-refractivity contribution in [3.05, 3.63) is 0 Å². The second kappa shape index (κ2) is 8.67. The molecule has 0 radical (unpaired) electrons. The molecule has 0 aromatic rings. The van der Waals surface area contributed by atoms with E-state index in [1.54, 1.807) is 0 Å². The molecule has 1 aliphatic carbocycles. The molecule has 28 heavy (non-hydrogen) atoms. The van der Waals surface area contributed by atoms with E-state index in [4.69, 9.17) is 9.47 Å². The van der Waals surface area contributed by atoms with E-state index in [1.807, 2.05) is 11.8 Å². The van der Waals surface area contributed by atoms with Crippen molar-refractivity contribution in [3.8, 4) is 0 Å². The summed E-state index contributed by atoms with van der Waals surface area (Å²) in [6.07, 6.45) is 5.17. The Kier molecular flexibility index (Phi) is 6.67. The fourth-order valence-corrected chi connectivity index (χ4v) is 5.17. The maximum absolute atomic E-state index is 12.9. The van der Waals surface area contributed by atoms with Gasteiger partial charge in [-0.25, -0.2) is 0 Å². The highest BCUT2D eigenvalue weighted by atomic mass is 16.5. The number of carbonyl (C=O) groups excluding carboxylic acids is 2. The molecule has 1 saturated carbocycles. The van der Waals surface area contributed by atoms with E-state index in [1.165, 1.54) is 7.11 Å². The summed E-state index contributed by atoms with van der Waals surface area (Å²) in [6, 6.07) is 0. The minimum atomic E-state index is -0.817. The van der Waals surface area contributed by atoms with Crippen LogP contribution in [-0.2, 0) is 19.1 Å². The van der Waals surface area contributed by atoms with Crippen LogP contribution in [0.1, 0.15) is 58.8 Å². The van der Waals surface area contributed by atoms with Crippen LogP contribution in [0, 0.1) is 11.8 Å². The minimum absolute atomic E-state index is 0.0293.